The van der Waals surface area contributed by atoms with E-state index in [0.717, 1.165) is 18.9 Å². The second-order valence-electron chi connectivity index (χ2n) is 5.21. The third-order valence-electron chi connectivity index (χ3n) is 3.94. The predicted molar refractivity (Wildman–Crippen MR) is 77.4 cm³/mol. The van der Waals surface area contributed by atoms with Crippen LogP contribution in [-0.4, -0.2) is 23.1 Å². The van der Waals surface area contributed by atoms with Gasteiger partial charge in [-0.05, 0) is 37.0 Å². The summed E-state index contributed by atoms with van der Waals surface area (Å²) in [7, 11) is 0. The fourth-order valence-corrected chi connectivity index (χ4v) is 2.95. The highest BCUT2D eigenvalue weighted by Gasteiger charge is 2.22. The molecule has 1 aliphatic heterocycles. The van der Waals surface area contributed by atoms with Gasteiger partial charge in [-0.2, -0.15) is 0 Å². The largest absolute Gasteiger partial charge is 0.356 e. The Balaban J connectivity index is 1.81. The maximum atomic E-state index is 4.37. The van der Waals surface area contributed by atoms with Crippen LogP contribution in [0.15, 0.2) is 42.9 Å². The van der Waals surface area contributed by atoms with Crippen molar-refractivity contribution in [2.24, 2.45) is 0 Å². The van der Waals surface area contributed by atoms with E-state index in [1.807, 2.05) is 12.3 Å². The second kappa shape index (κ2) is 5.39. The molecule has 0 N–H and O–H groups in total. The fourth-order valence-electron chi connectivity index (χ4n) is 2.95. The topological polar surface area (TPSA) is 29.0 Å². The number of nitrogens with zero attached hydrogens (tertiary/aromatic N) is 3. The molecule has 1 aliphatic rings. The van der Waals surface area contributed by atoms with Crippen molar-refractivity contribution in [3.05, 3.63) is 54.0 Å². The molecule has 0 spiro atoms. The summed E-state index contributed by atoms with van der Waals surface area (Å²) in [4.78, 5) is 10.7. The van der Waals surface area contributed by atoms with E-state index in [-0.39, 0.29) is 0 Å². The van der Waals surface area contributed by atoms with Crippen LogP contribution in [0.4, 0.5) is 5.82 Å². The van der Waals surface area contributed by atoms with E-state index in [1.165, 1.54) is 24.0 Å². The van der Waals surface area contributed by atoms with Crippen molar-refractivity contribution in [3.8, 4) is 0 Å². The van der Waals surface area contributed by atoms with E-state index >= 15 is 0 Å². The van der Waals surface area contributed by atoms with Crippen molar-refractivity contribution >= 4 is 5.82 Å². The molecule has 1 atom stereocenters. The summed E-state index contributed by atoms with van der Waals surface area (Å²) in [6.45, 7) is 4.36. The molecule has 98 valence electrons. The summed E-state index contributed by atoms with van der Waals surface area (Å²) in [6, 6.07) is 10.7. The van der Waals surface area contributed by atoms with Gasteiger partial charge in [0, 0.05) is 25.2 Å². The quantitative estimate of drug-likeness (QED) is 0.823. The summed E-state index contributed by atoms with van der Waals surface area (Å²) < 4.78 is 0. The molecule has 19 heavy (non-hydrogen) atoms. The average molecular weight is 253 g/mol. The molecule has 3 heteroatoms. The van der Waals surface area contributed by atoms with E-state index < -0.39 is 0 Å². The van der Waals surface area contributed by atoms with Gasteiger partial charge in [0.1, 0.15) is 12.1 Å². The monoisotopic (exact) mass is 253 g/mol. The van der Waals surface area contributed by atoms with Crippen molar-refractivity contribution in [2.45, 2.75) is 25.7 Å². The van der Waals surface area contributed by atoms with Gasteiger partial charge in [-0.25, -0.2) is 9.97 Å². The van der Waals surface area contributed by atoms with Gasteiger partial charge < -0.3 is 4.90 Å². The lowest BCUT2D eigenvalue weighted by Crippen LogP contribution is -2.35. The highest BCUT2D eigenvalue weighted by Crippen LogP contribution is 2.30. The van der Waals surface area contributed by atoms with Crippen LogP contribution in [0, 0.1) is 6.92 Å². The Kier molecular flexibility index (Phi) is 3.45. The Hall–Kier alpha value is -1.90. The van der Waals surface area contributed by atoms with Crippen LogP contribution in [0.1, 0.15) is 29.9 Å². The standard InChI is InChI=1S/C16H19N3/c1-13-5-2-3-7-15(13)14-6-4-10-19(11-14)16-8-9-17-12-18-16/h2-3,5,7-9,12,14H,4,6,10-11H2,1H3/t14-/m0/s1. The van der Waals surface area contributed by atoms with Gasteiger partial charge in [0.25, 0.3) is 0 Å². The zero-order valence-corrected chi connectivity index (χ0v) is 11.3. The van der Waals surface area contributed by atoms with E-state index in [1.54, 1.807) is 6.33 Å². The Labute approximate surface area is 114 Å². The van der Waals surface area contributed by atoms with E-state index in [9.17, 15) is 0 Å². The van der Waals surface area contributed by atoms with Gasteiger partial charge in [-0.15, -0.1) is 0 Å². The zero-order valence-electron chi connectivity index (χ0n) is 11.3. The summed E-state index contributed by atoms with van der Waals surface area (Å²) in [5.74, 6) is 1.66. The maximum Gasteiger partial charge on any atom is 0.131 e. The minimum atomic E-state index is 0.616. The first-order chi connectivity index (χ1) is 9.34. The van der Waals surface area contributed by atoms with Gasteiger partial charge >= 0.3 is 0 Å². The number of hydrogen-bond donors (Lipinski definition) is 0. The predicted octanol–water partition coefficient (Wildman–Crippen LogP) is 3.17. The number of aromatic nitrogens is 2. The SMILES string of the molecule is Cc1ccccc1[C@H]1CCCN(c2ccncn2)C1. The number of benzene rings is 1. The zero-order chi connectivity index (χ0) is 13.1. The second-order valence-corrected chi connectivity index (χ2v) is 5.21. The molecular formula is C16H19N3. The third kappa shape index (κ3) is 2.60. The molecule has 2 aromatic rings. The van der Waals surface area contributed by atoms with Crippen LogP contribution in [0.25, 0.3) is 0 Å². The lowest BCUT2D eigenvalue weighted by molar-refractivity contribution is 0.505. The van der Waals surface area contributed by atoms with Gasteiger partial charge in [0.2, 0.25) is 0 Å². The smallest absolute Gasteiger partial charge is 0.131 e. The van der Waals surface area contributed by atoms with Crippen molar-refractivity contribution in [2.75, 3.05) is 18.0 Å². The molecule has 1 aromatic carbocycles. The van der Waals surface area contributed by atoms with Crippen LogP contribution < -0.4 is 4.90 Å². The Morgan fingerprint density at radius 3 is 2.89 bits per heavy atom. The molecule has 0 bridgehead atoms. The van der Waals surface area contributed by atoms with Crippen LogP contribution in [-0.2, 0) is 0 Å². The van der Waals surface area contributed by atoms with Crippen LogP contribution in [0.5, 0.6) is 0 Å². The first kappa shape index (κ1) is 12.2. The van der Waals surface area contributed by atoms with E-state index in [2.05, 4.69) is 46.1 Å². The molecule has 1 saturated heterocycles. The molecule has 0 aliphatic carbocycles. The summed E-state index contributed by atoms with van der Waals surface area (Å²) >= 11 is 0. The maximum absolute atomic E-state index is 4.37. The number of hydrogen-bond acceptors (Lipinski definition) is 3. The summed E-state index contributed by atoms with van der Waals surface area (Å²) in [5, 5.41) is 0. The highest BCUT2D eigenvalue weighted by molar-refractivity contribution is 5.40. The molecule has 0 saturated carbocycles. The number of piperidine rings is 1. The summed E-state index contributed by atoms with van der Waals surface area (Å²) in [5.41, 5.74) is 2.89. The van der Waals surface area contributed by atoms with Gasteiger partial charge in [0.15, 0.2) is 0 Å². The van der Waals surface area contributed by atoms with Crippen LogP contribution >= 0.6 is 0 Å². The Morgan fingerprint density at radius 1 is 1.21 bits per heavy atom. The first-order valence-corrected chi connectivity index (χ1v) is 6.91. The lowest BCUT2D eigenvalue weighted by atomic mass is 9.88. The molecule has 2 heterocycles. The molecular weight excluding hydrogens is 234 g/mol. The summed E-state index contributed by atoms with van der Waals surface area (Å²) in [6.07, 6.45) is 5.95. The van der Waals surface area contributed by atoms with Crippen molar-refractivity contribution in [1.29, 1.82) is 0 Å². The molecule has 3 nitrogen and oxygen atoms in total. The van der Waals surface area contributed by atoms with Crippen LogP contribution in [0.2, 0.25) is 0 Å². The van der Waals surface area contributed by atoms with Crippen LogP contribution in [0.3, 0.4) is 0 Å². The minimum absolute atomic E-state index is 0.616. The van der Waals surface area contributed by atoms with Crippen molar-refractivity contribution in [1.82, 2.24) is 9.97 Å². The normalized spacial score (nSPS) is 19.4. The molecule has 3 rings (SSSR count). The van der Waals surface area contributed by atoms with E-state index in [0.29, 0.717) is 5.92 Å². The highest BCUT2D eigenvalue weighted by atomic mass is 15.2. The first-order valence-electron chi connectivity index (χ1n) is 6.91. The van der Waals surface area contributed by atoms with E-state index in [4.69, 9.17) is 0 Å². The minimum Gasteiger partial charge on any atom is -0.356 e. The van der Waals surface area contributed by atoms with Gasteiger partial charge in [-0.1, -0.05) is 24.3 Å². The Bertz CT molecular complexity index is 539. The molecule has 1 fully saturated rings. The third-order valence-corrected chi connectivity index (χ3v) is 3.94. The van der Waals surface area contributed by atoms with Crippen molar-refractivity contribution in [3.63, 3.8) is 0 Å². The van der Waals surface area contributed by atoms with Gasteiger partial charge in [-0.3, -0.25) is 0 Å². The number of aryl methyl sites for hydroxylation is 1. The van der Waals surface area contributed by atoms with Gasteiger partial charge in [0.05, 0.1) is 0 Å². The average Bonchev–Trinajstić information content (AvgIpc) is 2.49. The number of rotatable bonds is 2. The molecule has 0 radical (unpaired) electrons. The fraction of sp³-hybridized carbons (Fsp3) is 0.375. The van der Waals surface area contributed by atoms with Crippen molar-refractivity contribution < 1.29 is 0 Å². The number of anilines is 1. The molecule has 0 unspecified atom stereocenters. The lowest BCUT2D eigenvalue weighted by Gasteiger charge is -2.34. The Morgan fingerprint density at radius 2 is 2.11 bits per heavy atom. The molecule has 0 amide bonds. The molecule has 1 aromatic heterocycles.